The van der Waals surface area contributed by atoms with Crippen LogP contribution in [0.25, 0.3) is 5.76 Å². The molecular weight excluding hydrogens is 506 g/mol. The average molecular weight is 536 g/mol. The number of methoxy groups -OCH3 is 1. The van der Waals surface area contributed by atoms with Crippen LogP contribution in [-0.2, 0) is 9.59 Å². The van der Waals surface area contributed by atoms with Gasteiger partial charge in [-0.05, 0) is 93.4 Å². The average Bonchev–Trinajstić information content (AvgIpc) is 3.15. The van der Waals surface area contributed by atoms with E-state index >= 15 is 0 Å². The van der Waals surface area contributed by atoms with E-state index in [1.54, 1.807) is 60.7 Å². The molecule has 8 heteroatoms. The minimum atomic E-state index is -0.923. The highest BCUT2D eigenvalue weighted by Crippen LogP contribution is 2.44. The molecule has 1 amide bonds. The molecule has 1 aliphatic rings. The van der Waals surface area contributed by atoms with Crippen molar-refractivity contribution in [3.63, 3.8) is 0 Å². The molecule has 0 aliphatic carbocycles. The molecule has 0 aromatic heterocycles. The molecule has 198 valence electrons. The first kappa shape index (κ1) is 27.1. The number of hydrogen-bond acceptors (Lipinski definition) is 6. The Morgan fingerprint density at radius 2 is 1.68 bits per heavy atom. The second-order valence-electron chi connectivity index (χ2n) is 9.14. The molecule has 0 bridgehead atoms. The van der Waals surface area contributed by atoms with Gasteiger partial charge in [0, 0.05) is 16.3 Å². The van der Waals surface area contributed by atoms with Crippen LogP contribution < -0.4 is 19.1 Å². The molecule has 1 heterocycles. The number of hydrogen-bond donors (Lipinski definition) is 1. The van der Waals surface area contributed by atoms with E-state index in [0.29, 0.717) is 45.7 Å². The number of aliphatic hydroxyl groups is 1. The summed E-state index contributed by atoms with van der Waals surface area (Å²) in [5.41, 5.74) is 2.19. The number of Topliss-reactive ketones (excluding diaryl/α,β-unsaturated/α-hetero) is 1. The van der Waals surface area contributed by atoms with E-state index in [9.17, 15) is 14.7 Å². The number of halogens is 1. The third-order valence-electron chi connectivity index (χ3n) is 6.16. The molecule has 1 atom stereocenters. The molecule has 1 N–H and O–H groups in total. The van der Waals surface area contributed by atoms with Crippen molar-refractivity contribution in [1.82, 2.24) is 0 Å². The van der Waals surface area contributed by atoms with Crippen LogP contribution >= 0.6 is 11.6 Å². The number of aliphatic hydroxyl groups excluding tert-OH is 1. The number of ether oxygens (including phenoxy) is 3. The lowest BCUT2D eigenvalue weighted by Gasteiger charge is -2.26. The molecule has 1 unspecified atom stereocenters. The van der Waals surface area contributed by atoms with Crippen molar-refractivity contribution >= 4 is 34.7 Å². The molecule has 1 fully saturated rings. The number of rotatable bonds is 8. The van der Waals surface area contributed by atoms with Crippen LogP contribution in [0.1, 0.15) is 43.5 Å². The van der Waals surface area contributed by atoms with E-state index in [0.717, 1.165) is 5.56 Å². The van der Waals surface area contributed by atoms with Gasteiger partial charge in [-0.25, -0.2) is 0 Å². The molecule has 3 aromatic carbocycles. The lowest BCUT2D eigenvalue weighted by molar-refractivity contribution is -0.132. The monoisotopic (exact) mass is 535 g/mol. The summed E-state index contributed by atoms with van der Waals surface area (Å²) in [5.74, 6) is -0.194. The van der Waals surface area contributed by atoms with Crippen LogP contribution in [0.2, 0.25) is 5.02 Å². The predicted molar refractivity (Wildman–Crippen MR) is 147 cm³/mol. The van der Waals surface area contributed by atoms with Gasteiger partial charge in [-0.1, -0.05) is 17.7 Å². The molecule has 1 saturated heterocycles. The van der Waals surface area contributed by atoms with Crippen LogP contribution in [0.4, 0.5) is 5.69 Å². The molecule has 0 saturated carbocycles. The smallest absolute Gasteiger partial charge is 0.300 e. The second-order valence-corrected chi connectivity index (χ2v) is 9.57. The molecule has 7 nitrogen and oxygen atoms in total. The Balaban J connectivity index is 1.92. The van der Waals surface area contributed by atoms with Gasteiger partial charge in [-0.2, -0.15) is 0 Å². The summed E-state index contributed by atoms with van der Waals surface area (Å²) < 4.78 is 17.0. The normalized spacial score (nSPS) is 16.7. The maximum Gasteiger partial charge on any atom is 0.300 e. The molecule has 3 aromatic rings. The van der Waals surface area contributed by atoms with Crippen LogP contribution in [-0.4, -0.2) is 36.6 Å². The van der Waals surface area contributed by atoms with Gasteiger partial charge in [-0.3, -0.25) is 14.5 Å². The van der Waals surface area contributed by atoms with E-state index in [1.807, 2.05) is 27.7 Å². The fraction of sp³-hybridized carbons (Fsp3) is 0.267. The van der Waals surface area contributed by atoms with Crippen molar-refractivity contribution in [1.29, 1.82) is 0 Å². The minimum Gasteiger partial charge on any atom is -0.507 e. The number of anilines is 1. The van der Waals surface area contributed by atoms with Crippen LogP contribution in [0, 0.1) is 6.92 Å². The van der Waals surface area contributed by atoms with E-state index in [4.69, 9.17) is 25.8 Å². The molecule has 38 heavy (non-hydrogen) atoms. The Morgan fingerprint density at radius 1 is 1.00 bits per heavy atom. The third kappa shape index (κ3) is 5.20. The largest absolute Gasteiger partial charge is 0.507 e. The Hall–Kier alpha value is -3.97. The highest BCUT2D eigenvalue weighted by atomic mass is 35.5. The second kappa shape index (κ2) is 11.2. The van der Waals surface area contributed by atoms with Gasteiger partial charge < -0.3 is 19.3 Å². The van der Waals surface area contributed by atoms with Gasteiger partial charge in [0.15, 0.2) is 11.5 Å². The topological polar surface area (TPSA) is 85.3 Å². The first-order valence-corrected chi connectivity index (χ1v) is 12.7. The first-order chi connectivity index (χ1) is 18.2. The lowest BCUT2D eigenvalue weighted by atomic mass is 9.94. The van der Waals surface area contributed by atoms with Gasteiger partial charge in [-0.15, -0.1) is 0 Å². The number of ketones is 1. The third-order valence-corrected chi connectivity index (χ3v) is 6.42. The molecule has 0 radical (unpaired) electrons. The molecular formula is C30H30ClNO6. The van der Waals surface area contributed by atoms with Gasteiger partial charge >= 0.3 is 0 Å². The van der Waals surface area contributed by atoms with E-state index in [1.165, 1.54) is 12.0 Å². The number of carbonyl (C=O) groups excluding carboxylic acids is 2. The van der Waals surface area contributed by atoms with Crippen LogP contribution in [0.3, 0.4) is 0 Å². The number of amides is 1. The summed E-state index contributed by atoms with van der Waals surface area (Å²) >= 11 is 6.08. The Bertz CT molecular complexity index is 1400. The number of aryl methyl sites for hydroxylation is 1. The number of benzene rings is 3. The minimum absolute atomic E-state index is 0.0209. The van der Waals surface area contributed by atoms with E-state index in [2.05, 4.69) is 0 Å². The maximum atomic E-state index is 13.5. The summed E-state index contributed by atoms with van der Waals surface area (Å²) in [4.78, 5) is 28.3. The first-order valence-electron chi connectivity index (χ1n) is 12.3. The quantitative estimate of drug-likeness (QED) is 0.202. The van der Waals surface area contributed by atoms with Crippen molar-refractivity contribution in [2.45, 2.75) is 39.8 Å². The van der Waals surface area contributed by atoms with Gasteiger partial charge in [0.2, 0.25) is 0 Å². The van der Waals surface area contributed by atoms with Crippen molar-refractivity contribution in [2.75, 3.05) is 18.6 Å². The Labute approximate surface area is 227 Å². The van der Waals surface area contributed by atoms with Crippen molar-refractivity contribution in [3.8, 4) is 17.2 Å². The number of carbonyl (C=O) groups is 2. The van der Waals surface area contributed by atoms with E-state index in [-0.39, 0.29) is 17.4 Å². The number of nitrogens with zero attached hydrogens (tertiary/aromatic N) is 1. The van der Waals surface area contributed by atoms with Gasteiger partial charge in [0.25, 0.3) is 11.7 Å². The molecule has 0 spiro atoms. The van der Waals surface area contributed by atoms with Gasteiger partial charge in [0.05, 0.1) is 31.4 Å². The van der Waals surface area contributed by atoms with E-state index < -0.39 is 17.7 Å². The zero-order valence-electron chi connectivity index (χ0n) is 21.9. The molecule has 4 rings (SSSR count). The summed E-state index contributed by atoms with van der Waals surface area (Å²) in [6.45, 7) is 7.95. The Morgan fingerprint density at radius 3 is 2.29 bits per heavy atom. The highest BCUT2D eigenvalue weighted by molar-refractivity contribution is 6.51. The highest BCUT2D eigenvalue weighted by Gasteiger charge is 2.47. The maximum absolute atomic E-state index is 13.5. The predicted octanol–water partition coefficient (Wildman–Crippen LogP) is 6.47. The van der Waals surface area contributed by atoms with Crippen molar-refractivity contribution < 1.29 is 28.9 Å². The van der Waals surface area contributed by atoms with Crippen molar-refractivity contribution in [2.24, 2.45) is 0 Å². The van der Waals surface area contributed by atoms with Crippen LogP contribution in [0.5, 0.6) is 17.2 Å². The standard InChI is InChI=1S/C30H30ClNO6/c1-6-37-25-16-19(7-14-24(25)36-5)27-26(28(33)20-8-13-23(18(4)15-20)38-17(2)3)29(34)30(35)32(27)22-11-9-21(31)10-12-22/h7-17,27,33H,6H2,1-5H3/b28-26-. The summed E-state index contributed by atoms with van der Waals surface area (Å²) in [6.07, 6.45) is -0.0209. The van der Waals surface area contributed by atoms with Gasteiger partial charge in [0.1, 0.15) is 11.5 Å². The zero-order chi connectivity index (χ0) is 27.6. The summed E-state index contributed by atoms with van der Waals surface area (Å²) in [5, 5.41) is 12.0. The fourth-order valence-corrected chi connectivity index (χ4v) is 4.61. The fourth-order valence-electron chi connectivity index (χ4n) is 4.49. The lowest BCUT2D eigenvalue weighted by Crippen LogP contribution is -2.29. The SMILES string of the molecule is CCOc1cc(C2/C(=C(/O)c3ccc(OC(C)C)c(C)c3)C(=O)C(=O)N2c2ccc(Cl)cc2)ccc1OC. The molecule has 1 aliphatic heterocycles. The van der Waals surface area contributed by atoms with Crippen LogP contribution in [0.15, 0.2) is 66.2 Å². The summed E-state index contributed by atoms with van der Waals surface area (Å²) in [6, 6.07) is 16.0. The Kier molecular flexibility index (Phi) is 7.97. The van der Waals surface area contributed by atoms with Crippen molar-refractivity contribution in [3.05, 3.63) is 87.9 Å². The summed E-state index contributed by atoms with van der Waals surface area (Å²) in [7, 11) is 1.53. The zero-order valence-corrected chi connectivity index (χ0v) is 22.7.